The summed E-state index contributed by atoms with van der Waals surface area (Å²) in [6.07, 6.45) is -4.70. The molecule has 0 spiro atoms. The predicted octanol–water partition coefficient (Wildman–Crippen LogP) is 5.40. The number of alkyl halides is 3. The maximum absolute atomic E-state index is 13.9. The van der Waals surface area contributed by atoms with E-state index in [9.17, 15) is 18.0 Å². The maximum atomic E-state index is 13.9. The van der Waals surface area contributed by atoms with E-state index in [-0.39, 0.29) is 22.1 Å². The molecule has 1 aliphatic rings. The topological polar surface area (TPSA) is 53.7 Å². The number of fused-ring (bicyclic) bond motifs is 1. The van der Waals surface area contributed by atoms with Gasteiger partial charge in [-0.2, -0.15) is 18.3 Å². The number of aromatic nitrogens is 3. The summed E-state index contributed by atoms with van der Waals surface area (Å²) in [6.45, 7) is 4.96. The number of hydrogen-bond acceptors (Lipinski definition) is 5. The SMILES string of the molecule is Cc1ccccc1CN1CCN(C(=O)c2nn3c(C(F)(F)F)cc(-c4cccs4)nc3c2Cl)CC1. The van der Waals surface area contributed by atoms with Gasteiger partial charge in [0.25, 0.3) is 5.91 Å². The van der Waals surface area contributed by atoms with Gasteiger partial charge < -0.3 is 4.90 Å². The number of carbonyl (C=O) groups is 1. The molecule has 182 valence electrons. The van der Waals surface area contributed by atoms with Crippen LogP contribution in [0.3, 0.4) is 0 Å². The third-order valence-electron chi connectivity index (χ3n) is 6.11. The van der Waals surface area contributed by atoms with E-state index in [2.05, 4.69) is 34.0 Å². The molecule has 1 fully saturated rings. The normalized spacial score (nSPS) is 15.2. The third kappa shape index (κ3) is 4.65. The molecular formula is C24H21ClF3N5OS. The minimum Gasteiger partial charge on any atom is -0.335 e. The first kappa shape index (κ1) is 23.8. The fraction of sp³-hybridized carbons (Fsp3) is 0.292. The Bertz CT molecular complexity index is 1380. The minimum absolute atomic E-state index is 0.130. The molecule has 1 amide bonds. The fourth-order valence-electron chi connectivity index (χ4n) is 4.17. The van der Waals surface area contributed by atoms with E-state index < -0.39 is 17.8 Å². The molecule has 0 saturated carbocycles. The van der Waals surface area contributed by atoms with E-state index in [0.29, 0.717) is 35.6 Å². The summed E-state index contributed by atoms with van der Waals surface area (Å²) in [5.74, 6) is -0.498. The number of amides is 1. The highest BCUT2D eigenvalue weighted by Gasteiger charge is 2.37. The molecule has 1 aromatic carbocycles. The first-order valence-electron chi connectivity index (χ1n) is 11.0. The second-order valence-electron chi connectivity index (χ2n) is 8.39. The Morgan fingerprint density at radius 1 is 1.11 bits per heavy atom. The lowest BCUT2D eigenvalue weighted by molar-refractivity contribution is -0.142. The Hall–Kier alpha value is -2.95. The number of thiophene rings is 1. The van der Waals surface area contributed by atoms with Gasteiger partial charge in [-0.15, -0.1) is 11.3 Å². The van der Waals surface area contributed by atoms with Crippen molar-refractivity contribution in [2.75, 3.05) is 26.2 Å². The van der Waals surface area contributed by atoms with Gasteiger partial charge in [-0.25, -0.2) is 9.50 Å². The number of carbonyl (C=O) groups excluding carboxylic acids is 1. The van der Waals surface area contributed by atoms with Crippen molar-refractivity contribution in [2.24, 2.45) is 0 Å². The van der Waals surface area contributed by atoms with Crippen LogP contribution in [-0.2, 0) is 12.7 Å². The van der Waals surface area contributed by atoms with Gasteiger partial charge in [0.2, 0.25) is 0 Å². The number of halogens is 4. The van der Waals surface area contributed by atoms with Crippen molar-refractivity contribution in [3.8, 4) is 10.6 Å². The van der Waals surface area contributed by atoms with Crippen molar-refractivity contribution in [3.63, 3.8) is 0 Å². The van der Waals surface area contributed by atoms with E-state index in [1.165, 1.54) is 22.5 Å². The van der Waals surface area contributed by atoms with Gasteiger partial charge in [0.05, 0.1) is 10.6 Å². The zero-order chi connectivity index (χ0) is 24.7. The van der Waals surface area contributed by atoms with E-state index in [4.69, 9.17) is 11.6 Å². The van der Waals surface area contributed by atoms with Crippen LogP contribution in [0, 0.1) is 6.92 Å². The third-order valence-corrected chi connectivity index (χ3v) is 7.35. The molecule has 1 saturated heterocycles. The molecule has 0 bridgehead atoms. The monoisotopic (exact) mass is 519 g/mol. The summed E-state index contributed by atoms with van der Waals surface area (Å²) < 4.78 is 42.2. The highest BCUT2D eigenvalue weighted by atomic mass is 35.5. The molecule has 4 aromatic rings. The van der Waals surface area contributed by atoms with Crippen molar-refractivity contribution >= 4 is 34.5 Å². The van der Waals surface area contributed by atoms with Crippen molar-refractivity contribution < 1.29 is 18.0 Å². The highest BCUT2D eigenvalue weighted by Crippen LogP contribution is 2.35. The summed E-state index contributed by atoms with van der Waals surface area (Å²) in [7, 11) is 0. The van der Waals surface area contributed by atoms with E-state index in [0.717, 1.165) is 12.6 Å². The van der Waals surface area contributed by atoms with Gasteiger partial charge in [0, 0.05) is 32.7 Å². The van der Waals surface area contributed by atoms with Gasteiger partial charge in [-0.3, -0.25) is 9.69 Å². The average molecular weight is 520 g/mol. The molecule has 4 heterocycles. The molecule has 0 atom stereocenters. The van der Waals surface area contributed by atoms with E-state index in [1.54, 1.807) is 22.4 Å². The second-order valence-corrected chi connectivity index (χ2v) is 9.72. The van der Waals surface area contributed by atoms with Crippen LogP contribution in [-0.4, -0.2) is 56.5 Å². The number of rotatable bonds is 4. The summed E-state index contributed by atoms with van der Waals surface area (Å²) in [4.78, 5) is 21.9. The van der Waals surface area contributed by atoms with Crippen molar-refractivity contribution in [1.82, 2.24) is 24.4 Å². The Morgan fingerprint density at radius 3 is 2.51 bits per heavy atom. The summed E-state index contributed by atoms with van der Waals surface area (Å²) in [5, 5.41) is 5.55. The molecular weight excluding hydrogens is 499 g/mol. The number of benzene rings is 1. The second kappa shape index (κ2) is 9.25. The molecule has 1 aliphatic heterocycles. The van der Waals surface area contributed by atoms with Crippen LogP contribution in [0.1, 0.15) is 27.3 Å². The molecule has 6 nitrogen and oxygen atoms in total. The highest BCUT2D eigenvalue weighted by molar-refractivity contribution is 7.13. The molecule has 3 aromatic heterocycles. The van der Waals surface area contributed by atoms with Gasteiger partial charge in [0.1, 0.15) is 5.02 Å². The van der Waals surface area contributed by atoms with Crippen LogP contribution in [0.2, 0.25) is 5.02 Å². The van der Waals surface area contributed by atoms with Gasteiger partial charge >= 0.3 is 6.18 Å². The lowest BCUT2D eigenvalue weighted by Crippen LogP contribution is -2.48. The van der Waals surface area contributed by atoms with Gasteiger partial charge in [0.15, 0.2) is 17.0 Å². The molecule has 0 aliphatic carbocycles. The number of piperazine rings is 1. The standard InChI is InChI=1S/C24H21ClF3N5OS/c1-15-5-2-3-6-16(15)14-31-8-10-32(11-9-31)23(34)21-20(25)22-29-17(18-7-4-12-35-18)13-19(24(26,27)28)33(22)30-21/h2-7,12-13H,8-11,14H2,1H3. The molecule has 5 rings (SSSR count). The van der Waals surface area contributed by atoms with Crippen LogP contribution in [0.4, 0.5) is 13.2 Å². The Labute approximate surface area is 208 Å². The zero-order valence-corrected chi connectivity index (χ0v) is 20.3. The van der Waals surface area contributed by atoms with Crippen LogP contribution < -0.4 is 0 Å². The van der Waals surface area contributed by atoms with Crippen LogP contribution in [0.25, 0.3) is 16.2 Å². The van der Waals surface area contributed by atoms with Crippen LogP contribution >= 0.6 is 22.9 Å². The largest absolute Gasteiger partial charge is 0.433 e. The molecule has 0 radical (unpaired) electrons. The molecule has 11 heteroatoms. The lowest BCUT2D eigenvalue weighted by atomic mass is 10.1. The molecule has 0 N–H and O–H groups in total. The van der Waals surface area contributed by atoms with E-state index >= 15 is 0 Å². The molecule has 0 unspecified atom stereocenters. The number of hydrogen-bond donors (Lipinski definition) is 0. The average Bonchev–Trinajstić information content (AvgIpc) is 3.48. The molecule has 35 heavy (non-hydrogen) atoms. The summed E-state index contributed by atoms with van der Waals surface area (Å²) >= 11 is 7.68. The van der Waals surface area contributed by atoms with E-state index in [1.807, 2.05) is 12.1 Å². The zero-order valence-electron chi connectivity index (χ0n) is 18.7. The van der Waals surface area contributed by atoms with Crippen LogP contribution in [0.5, 0.6) is 0 Å². The summed E-state index contributed by atoms with van der Waals surface area (Å²) in [6, 6.07) is 12.5. The van der Waals surface area contributed by atoms with Crippen LogP contribution in [0.15, 0.2) is 47.8 Å². The predicted molar refractivity (Wildman–Crippen MR) is 129 cm³/mol. The fourth-order valence-corrected chi connectivity index (χ4v) is 5.10. The quantitative estimate of drug-likeness (QED) is 0.362. The van der Waals surface area contributed by atoms with Gasteiger partial charge in [-0.05, 0) is 35.6 Å². The lowest BCUT2D eigenvalue weighted by Gasteiger charge is -2.34. The Balaban J connectivity index is 1.40. The Morgan fingerprint density at radius 2 is 1.86 bits per heavy atom. The van der Waals surface area contributed by atoms with Gasteiger partial charge in [-0.1, -0.05) is 41.9 Å². The van der Waals surface area contributed by atoms with Crippen molar-refractivity contribution in [2.45, 2.75) is 19.6 Å². The number of nitrogens with zero attached hydrogens (tertiary/aromatic N) is 5. The first-order valence-corrected chi connectivity index (χ1v) is 12.2. The maximum Gasteiger partial charge on any atom is 0.433 e. The van der Waals surface area contributed by atoms with Crippen molar-refractivity contribution in [3.05, 3.63) is 75.4 Å². The Kier molecular flexibility index (Phi) is 6.29. The van der Waals surface area contributed by atoms with Crippen molar-refractivity contribution in [1.29, 1.82) is 0 Å². The summed E-state index contributed by atoms with van der Waals surface area (Å²) in [5.41, 5.74) is 1.12. The minimum atomic E-state index is -4.70. The number of aryl methyl sites for hydroxylation is 1. The smallest absolute Gasteiger partial charge is 0.335 e. The first-order chi connectivity index (χ1) is 16.7.